The lowest BCUT2D eigenvalue weighted by atomic mass is 9.96. The number of amides is 1. The van der Waals surface area contributed by atoms with Crippen LogP contribution in [-0.2, 0) is 11.3 Å². The lowest BCUT2D eigenvalue weighted by molar-refractivity contribution is -0.126. The van der Waals surface area contributed by atoms with Gasteiger partial charge < -0.3 is 5.32 Å². The predicted molar refractivity (Wildman–Crippen MR) is 82.8 cm³/mol. The Hall–Kier alpha value is -1.13. The molecule has 2 aliphatic rings. The summed E-state index contributed by atoms with van der Waals surface area (Å²) < 4.78 is 13.2. The van der Waals surface area contributed by atoms with Gasteiger partial charge in [0.1, 0.15) is 5.82 Å². The van der Waals surface area contributed by atoms with Crippen molar-refractivity contribution < 1.29 is 9.18 Å². The third kappa shape index (κ3) is 4.68. The monoisotopic (exact) mass is 312 g/mol. The van der Waals surface area contributed by atoms with Gasteiger partial charge in [0.25, 0.3) is 0 Å². The molecule has 2 fully saturated rings. The van der Waals surface area contributed by atoms with E-state index in [4.69, 9.17) is 0 Å². The van der Waals surface area contributed by atoms with Crippen molar-refractivity contribution in [2.75, 3.05) is 13.1 Å². The fraction of sp³-hybridized carbons (Fsp3) is 0.562. The van der Waals surface area contributed by atoms with Crippen LogP contribution in [0.1, 0.15) is 31.2 Å². The second-order valence-corrected chi connectivity index (χ2v) is 5.99. The number of hydrogen-bond acceptors (Lipinski definition) is 2. The molecule has 21 heavy (non-hydrogen) atoms. The molecule has 3 nitrogen and oxygen atoms in total. The van der Waals surface area contributed by atoms with Crippen molar-refractivity contribution in [1.29, 1.82) is 0 Å². The highest BCUT2D eigenvalue weighted by atomic mass is 35.5. The van der Waals surface area contributed by atoms with E-state index in [1.54, 1.807) is 12.1 Å². The maximum atomic E-state index is 13.2. The molecule has 1 aromatic rings. The number of benzene rings is 1. The fourth-order valence-electron chi connectivity index (χ4n) is 2.85. The topological polar surface area (TPSA) is 32.3 Å². The van der Waals surface area contributed by atoms with Crippen LogP contribution in [0.15, 0.2) is 24.3 Å². The summed E-state index contributed by atoms with van der Waals surface area (Å²) in [6.07, 6.45) is 4.27. The molecule has 0 bridgehead atoms. The molecule has 0 radical (unpaired) electrons. The van der Waals surface area contributed by atoms with E-state index in [1.807, 2.05) is 6.07 Å². The van der Waals surface area contributed by atoms with Crippen molar-refractivity contribution in [3.8, 4) is 0 Å². The number of hydrogen-bond donors (Lipinski definition) is 1. The Balaban J connectivity index is 0.00000161. The summed E-state index contributed by atoms with van der Waals surface area (Å²) in [5, 5.41) is 3.09. The zero-order valence-corrected chi connectivity index (χ0v) is 12.9. The molecular formula is C16H22ClFN2O. The Kier molecular flexibility index (Phi) is 5.59. The van der Waals surface area contributed by atoms with Crippen LogP contribution in [-0.4, -0.2) is 29.9 Å². The van der Waals surface area contributed by atoms with E-state index in [-0.39, 0.29) is 30.0 Å². The molecular weight excluding hydrogens is 291 g/mol. The summed E-state index contributed by atoms with van der Waals surface area (Å²) in [7, 11) is 0. The van der Waals surface area contributed by atoms with Gasteiger partial charge in [0.05, 0.1) is 5.92 Å². The Labute approximate surface area is 131 Å². The third-order valence-electron chi connectivity index (χ3n) is 4.10. The summed E-state index contributed by atoms with van der Waals surface area (Å²) in [6, 6.07) is 7.16. The first-order chi connectivity index (χ1) is 9.70. The van der Waals surface area contributed by atoms with Crippen LogP contribution in [0.4, 0.5) is 4.39 Å². The molecule has 0 aromatic heterocycles. The number of nitrogens with zero attached hydrogens (tertiary/aromatic N) is 1. The zero-order chi connectivity index (χ0) is 13.9. The molecule has 5 heteroatoms. The molecule has 116 valence electrons. The quantitative estimate of drug-likeness (QED) is 0.927. The average molecular weight is 313 g/mol. The number of rotatable bonds is 4. The Morgan fingerprint density at radius 3 is 2.86 bits per heavy atom. The zero-order valence-electron chi connectivity index (χ0n) is 12.1. The highest BCUT2D eigenvalue weighted by Crippen LogP contribution is 2.23. The second kappa shape index (κ2) is 7.23. The van der Waals surface area contributed by atoms with E-state index in [1.165, 1.54) is 6.07 Å². The van der Waals surface area contributed by atoms with Crippen LogP contribution >= 0.6 is 12.4 Å². The van der Waals surface area contributed by atoms with Crippen molar-refractivity contribution in [3.05, 3.63) is 35.6 Å². The van der Waals surface area contributed by atoms with Crippen LogP contribution < -0.4 is 5.32 Å². The summed E-state index contributed by atoms with van der Waals surface area (Å²) in [6.45, 7) is 2.50. The van der Waals surface area contributed by atoms with Crippen molar-refractivity contribution >= 4 is 18.3 Å². The largest absolute Gasteiger partial charge is 0.353 e. The standard InChI is InChI=1S/C16H21FN2O.ClH/c17-14-5-1-3-12(9-14)10-19-8-2-4-13(11-19)16(20)18-15-6-7-15;/h1,3,5,9,13,15H,2,4,6-8,10-11H2,(H,18,20);1H. The summed E-state index contributed by atoms with van der Waals surface area (Å²) in [5.74, 6) is 0.108. The Morgan fingerprint density at radius 2 is 2.14 bits per heavy atom. The average Bonchev–Trinajstić information content (AvgIpc) is 3.23. The smallest absolute Gasteiger partial charge is 0.224 e. The number of halogens is 2. The highest BCUT2D eigenvalue weighted by molar-refractivity contribution is 5.85. The van der Waals surface area contributed by atoms with Gasteiger partial charge in [-0.25, -0.2) is 4.39 Å². The molecule has 1 N–H and O–H groups in total. The van der Waals surface area contributed by atoms with Gasteiger partial charge in [-0.1, -0.05) is 12.1 Å². The molecule has 1 heterocycles. The number of likely N-dealkylation sites (tertiary alicyclic amines) is 1. The van der Waals surface area contributed by atoms with Crippen molar-refractivity contribution in [3.63, 3.8) is 0 Å². The van der Waals surface area contributed by atoms with Crippen molar-refractivity contribution in [2.45, 2.75) is 38.3 Å². The van der Waals surface area contributed by atoms with Crippen LogP contribution in [0.25, 0.3) is 0 Å². The molecule has 1 amide bonds. The lowest BCUT2D eigenvalue weighted by Crippen LogP contribution is -2.43. The van der Waals surface area contributed by atoms with E-state index >= 15 is 0 Å². The van der Waals surface area contributed by atoms with Gasteiger partial charge in [-0.3, -0.25) is 9.69 Å². The van der Waals surface area contributed by atoms with Crippen LogP contribution in [0, 0.1) is 11.7 Å². The molecule has 1 aliphatic heterocycles. The minimum Gasteiger partial charge on any atom is -0.353 e. The normalized spacial score (nSPS) is 22.4. The minimum atomic E-state index is -0.192. The summed E-state index contributed by atoms with van der Waals surface area (Å²) >= 11 is 0. The number of piperidine rings is 1. The summed E-state index contributed by atoms with van der Waals surface area (Å²) in [5.41, 5.74) is 0.980. The fourth-order valence-corrected chi connectivity index (χ4v) is 2.85. The van der Waals surface area contributed by atoms with Gasteiger partial charge in [0.15, 0.2) is 0 Å². The number of nitrogens with one attached hydrogen (secondary N) is 1. The van der Waals surface area contributed by atoms with Crippen LogP contribution in [0.2, 0.25) is 0 Å². The highest BCUT2D eigenvalue weighted by Gasteiger charge is 2.30. The maximum Gasteiger partial charge on any atom is 0.224 e. The molecule has 3 rings (SSSR count). The predicted octanol–water partition coefficient (Wildman–Crippen LogP) is 2.74. The molecule has 1 saturated heterocycles. The molecule has 0 spiro atoms. The van der Waals surface area contributed by atoms with Gasteiger partial charge in [0, 0.05) is 19.1 Å². The molecule has 1 aliphatic carbocycles. The van der Waals surface area contributed by atoms with Gasteiger partial charge in [-0.2, -0.15) is 0 Å². The molecule has 1 saturated carbocycles. The Morgan fingerprint density at radius 1 is 1.33 bits per heavy atom. The van der Waals surface area contributed by atoms with Crippen molar-refractivity contribution in [2.24, 2.45) is 5.92 Å². The maximum absolute atomic E-state index is 13.2. The Bertz CT molecular complexity index is 493. The van der Waals surface area contributed by atoms with Crippen molar-refractivity contribution in [1.82, 2.24) is 10.2 Å². The van der Waals surface area contributed by atoms with Gasteiger partial charge >= 0.3 is 0 Å². The molecule has 1 unspecified atom stereocenters. The summed E-state index contributed by atoms with van der Waals surface area (Å²) in [4.78, 5) is 14.4. The number of carbonyl (C=O) groups excluding carboxylic acids is 1. The van der Waals surface area contributed by atoms with E-state index < -0.39 is 0 Å². The minimum absolute atomic E-state index is 0. The van der Waals surface area contributed by atoms with Crippen LogP contribution in [0.3, 0.4) is 0 Å². The van der Waals surface area contributed by atoms with E-state index in [9.17, 15) is 9.18 Å². The van der Waals surface area contributed by atoms with Gasteiger partial charge in [-0.15, -0.1) is 12.4 Å². The van der Waals surface area contributed by atoms with Gasteiger partial charge in [0.2, 0.25) is 5.91 Å². The molecule has 1 aromatic carbocycles. The van der Waals surface area contributed by atoms with E-state index in [0.29, 0.717) is 6.04 Å². The van der Waals surface area contributed by atoms with Crippen LogP contribution in [0.5, 0.6) is 0 Å². The molecule has 1 atom stereocenters. The third-order valence-corrected chi connectivity index (χ3v) is 4.10. The first-order valence-corrected chi connectivity index (χ1v) is 7.48. The first kappa shape index (κ1) is 16.2. The van der Waals surface area contributed by atoms with Gasteiger partial charge in [-0.05, 0) is 49.9 Å². The van der Waals surface area contributed by atoms with E-state index in [0.717, 1.165) is 50.9 Å². The lowest BCUT2D eigenvalue weighted by Gasteiger charge is -2.32. The number of carbonyl (C=O) groups is 1. The first-order valence-electron chi connectivity index (χ1n) is 7.48. The SMILES string of the molecule is Cl.O=C(NC1CC1)C1CCCN(Cc2cccc(F)c2)C1. The van der Waals surface area contributed by atoms with E-state index in [2.05, 4.69) is 10.2 Å². The second-order valence-electron chi connectivity index (χ2n) is 5.99.